The highest BCUT2D eigenvalue weighted by molar-refractivity contribution is 6.00. The van der Waals surface area contributed by atoms with E-state index in [0.29, 0.717) is 31.1 Å². The fourth-order valence-corrected chi connectivity index (χ4v) is 3.30. The smallest absolute Gasteiger partial charge is 0.228 e. The molecule has 2 aromatic rings. The van der Waals surface area contributed by atoms with Crippen LogP contribution in [0.3, 0.4) is 0 Å². The van der Waals surface area contributed by atoms with E-state index in [1.54, 1.807) is 40.4 Å². The molecule has 1 aromatic carbocycles. The zero-order chi connectivity index (χ0) is 18.1. The van der Waals surface area contributed by atoms with Crippen molar-refractivity contribution in [1.29, 1.82) is 0 Å². The number of halogens is 1. The van der Waals surface area contributed by atoms with Crippen molar-refractivity contribution in [3.8, 4) is 5.75 Å². The van der Waals surface area contributed by atoms with Gasteiger partial charge in [-0.1, -0.05) is 0 Å². The summed E-state index contributed by atoms with van der Waals surface area (Å²) in [7, 11) is 0. The number of carbonyl (C=O) groups is 2. The van der Waals surface area contributed by atoms with E-state index in [2.05, 4.69) is 4.98 Å². The SMILES string of the molecule is O=C([C@@H]1CC(=O)N(c2ccc(F)cc2)C1)N1CC(Oc2cccnc2)C1. The fraction of sp³-hybridized carbons (Fsp3) is 0.316. The molecule has 0 unspecified atom stereocenters. The van der Waals surface area contributed by atoms with Crippen LogP contribution < -0.4 is 9.64 Å². The molecule has 2 amide bonds. The zero-order valence-electron chi connectivity index (χ0n) is 14.0. The molecule has 4 rings (SSSR count). The Morgan fingerprint density at radius 2 is 1.92 bits per heavy atom. The van der Waals surface area contributed by atoms with Crippen LogP contribution in [0.4, 0.5) is 10.1 Å². The van der Waals surface area contributed by atoms with Gasteiger partial charge in [0.25, 0.3) is 0 Å². The molecule has 1 atom stereocenters. The van der Waals surface area contributed by atoms with E-state index in [4.69, 9.17) is 4.74 Å². The Hall–Kier alpha value is -2.96. The number of rotatable bonds is 4. The number of ether oxygens (including phenoxy) is 1. The molecule has 0 saturated carbocycles. The molecule has 2 aliphatic rings. The van der Waals surface area contributed by atoms with Crippen LogP contribution in [0.1, 0.15) is 6.42 Å². The van der Waals surface area contributed by atoms with Crippen molar-refractivity contribution >= 4 is 17.5 Å². The van der Waals surface area contributed by atoms with Gasteiger partial charge in [-0.3, -0.25) is 14.6 Å². The van der Waals surface area contributed by atoms with E-state index in [1.807, 2.05) is 6.07 Å². The minimum atomic E-state index is -0.369. The molecule has 3 heterocycles. The van der Waals surface area contributed by atoms with E-state index in [-0.39, 0.29) is 36.1 Å². The van der Waals surface area contributed by atoms with E-state index in [0.717, 1.165) is 0 Å². The van der Waals surface area contributed by atoms with Crippen molar-refractivity contribution in [3.05, 3.63) is 54.6 Å². The second kappa shape index (κ2) is 6.74. The molecule has 6 nitrogen and oxygen atoms in total. The Bertz CT molecular complexity index is 807. The molecule has 2 saturated heterocycles. The summed E-state index contributed by atoms with van der Waals surface area (Å²) in [5.41, 5.74) is 0.619. The molecular weight excluding hydrogens is 337 g/mol. The Balaban J connectivity index is 1.32. The first kappa shape index (κ1) is 16.5. The van der Waals surface area contributed by atoms with Gasteiger partial charge < -0.3 is 14.5 Å². The maximum atomic E-state index is 13.0. The largest absolute Gasteiger partial charge is 0.485 e. The van der Waals surface area contributed by atoms with Crippen LogP contribution in [0.15, 0.2) is 48.8 Å². The number of nitrogens with zero attached hydrogens (tertiary/aromatic N) is 3. The number of aromatic nitrogens is 1. The van der Waals surface area contributed by atoms with Gasteiger partial charge in [0.1, 0.15) is 17.7 Å². The van der Waals surface area contributed by atoms with Gasteiger partial charge in [-0.15, -0.1) is 0 Å². The van der Waals surface area contributed by atoms with Gasteiger partial charge in [0.05, 0.1) is 25.2 Å². The molecular formula is C19H18FN3O3. The monoisotopic (exact) mass is 355 g/mol. The zero-order valence-corrected chi connectivity index (χ0v) is 14.0. The summed E-state index contributed by atoms with van der Waals surface area (Å²) >= 11 is 0. The average molecular weight is 355 g/mol. The highest BCUT2D eigenvalue weighted by Gasteiger charge is 2.41. The highest BCUT2D eigenvalue weighted by Crippen LogP contribution is 2.28. The third kappa shape index (κ3) is 3.24. The summed E-state index contributed by atoms with van der Waals surface area (Å²) in [6, 6.07) is 9.36. The van der Waals surface area contributed by atoms with Crippen molar-refractivity contribution in [3.63, 3.8) is 0 Å². The first-order valence-corrected chi connectivity index (χ1v) is 8.51. The Kier molecular flexibility index (Phi) is 4.28. The topological polar surface area (TPSA) is 62.7 Å². The molecule has 0 aliphatic carbocycles. The Morgan fingerprint density at radius 3 is 2.62 bits per heavy atom. The van der Waals surface area contributed by atoms with Crippen molar-refractivity contribution in [2.75, 3.05) is 24.5 Å². The van der Waals surface area contributed by atoms with Crippen molar-refractivity contribution in [2.45, 2.75) is 12.5 Å². The van der Waals surface area contributed by atoms with Gasteiger partial charge in [0.2, 0.25) is 11.8 Å². The van der Waals surface area contributed by atoms with Crippen LogP contribution in [0.5, 0.6) is 5.75 Å². The number of anilines is 1. The molecule has 2 fully saturated rings. The van der Waals surface area contributed by atoms with Crippen LogP contribution in [0.2, 0.25) is 0 Å². The predicted molar refractivity (Wildman–Crippen MR) is 92.1 cm³/mol. The van der Waals surface area contributed by atoms with E-state index < -0.39 is 0 Å². The maximum absolute atomic E-state index is 13.0. The van der Waals surface area contributed by atoms with Crippen molar-refractivity contribution < 1.29 is 18.7 Å². The summed E-state index contributed by atoms with van der Waals surface area (Å²) in [6.45, 7) is 1.35. The highest BCUT2D eigenvalue weighted by atomic mass is 19.1. The lowest BCUT2D eigenvalue weighted by Crippen LogP contribution is -2.57. The standard InChI is InChI=1S/C19H18FN3O3/c20-14-3-5-15(6-4-14)23-10-13(8-18(23)24)19(25)22-11-17(12-22)26-16-2-1-7-21-9-16/h1-7,9,13,17H,8,10-12H2/t13-/m1/s1. The summed E-state index contributed by atoms with van der Waals surface area (Å²) < 4.78 is 18.8. The minimum Gasteiger partial charge on any atom is -0.485 e. The lowest BCUT2D eigenvalue weighted by molar-refractivity contribution is -0.144. The van der Waals surface area contributed by atoms with E-state index >= 15 is 0 Å². The van der Waals surface area contributed by atoms with Crippen LogP contribution in [-0.4, -0.2) is 47.4 Å². The third-order valence-electron chi connectivity index (χ3n) is 4.71. The molecule has 0 radical (unpaired) electrons. The average Bonchev–Trinajstić information content (AvgIpc) is 3.01. The minimum absolute atomic E-state index is 0.0333. The third-order valence-corrected chi connectivity index (χ3v) is 4.71. The first-order valence-electron chi connectivity index (χ1n) is 8.51. The van der Waals surface area contributed by atoms with Crippen LogP contribution in [0, 0.1) is 11.7 Å². The summed E-state index contributed by atoms with van der Waals surface area (Å²) in [5, 5.41) is 0. The lowest BCUT2D eigenvalue weighted by atomic mass is 10.0. The van der Waals surface area contributed by atoms with Gasteiger partial charge in [-0.25, -0.2) is 4.39 Å². The number of pyridine rings is 1. The van der Waals surface area contributed by atoms with E-state index in [1.165, 1.54) is 12.1 Å². The summed E-state index contributed by atoms with van der Waals surface area (Å²) in [6.07, 6.45) is 3.45. The van der Waals surface area contributed by atoms with Crippen molar-refractivity contribution in [2.24, 2.45) is 5.92 Å². The number of likely N-dealkylation sites (tertiary alicyclic amines) is 1. The number of hydrogen-bond acceptors (Lipinski definition) is 4. The van der Waals surface area contributed by atoms with Gasteiger partial charge in [-0.2, -0.15) is 0 Å². The van der Waals surface area contributed by atoms with Gasteiger partial charge in [0, 0.05) is 24.8 Å². The molecule has 1 aromatic heterocycles. The summed E-state index contributed by atoms with van der Waals surface area (Å²) in [5.74, 6) is -0.184. The summed E-state index contributed by atoms with van der Waals surface area (Å²) in [4.78, 5) is 32.1. The number of hydrogen-bond donors (Lipinski definition) is 0. The Morgan fingerprint density at radius 1 is 1.15 bits per heavy atom. The molecule has 7 heteroatoms. The van der Waals surface area contributed by atoms with Crippen LogP contribution in [-0.2, 0) is 9.59 Å². The quantitative estimate of drug-likeness (QED) is 0.840. The van der Waals surface area contributed by atoms with Crippen LogP contribution >= 0.6 is 0 Å². The molecule has 26 heavy (non-hydrogen) atoms. The maximum Gasteiger partial charge on any atom is 0.228 e. The number of benzene rings is 1. The number of amides is 2. The molecule has 0 N–H and O–H groups in total. The molecule has 0 bridgehead atoms. The molecule has 0 spiro atoms. The van der Waals surface area contributed by atoms with Gasteiger partial charge in [-0.05, 0) is 36.4 Å². The Labute approximate surface area is 150 Å². The van der Waals surface area contributed by atoms with Crippen molar-refractivity contribution in [1.82, 2.24) is 9.88 Å². The van der Waals surface area contributed by atoms with E-state index in [9.17, 15) is 14.0 Å². The second-order valence-corrected chi connectivity index (χ2v) is 6.55. The predicted octanol–water partition coefficient (Wildman–Crippen LogP) is 1.86. The normalized spacial score (nSPS) is 20.2. The number of carbonyl (C=O) groups excluding carboxylic acids is 2. The fourth-order valence-electron chi connectivity index (χ4n) is 3.30. The van der Waals surface area contributed by atoms with Gasteiger partial charge in [0.15, 0.2) is 0 Å². The second-order valence-electron chi connectivity index (χ2n) is 6.55. The molecule has 134 valence electrons. The van der Waals surface area contributed by atoms with Crippen LogP contribution in [0.25, 0.3) is 0 Å². The molecule has 2 aliphatic heterocycles. The lowest BCUT2D eigenvalue weighted by Gasteiger charge is -2.40. The first-order chi connectivity index (χ1) is 12.6. The van der Waals surface area contributed by atoms with Gasteiger partial charge >= 0.3 is 0 Å².